The predicted octanol–water partition coefficient (Wildman–Crippen LogP) is 1.86. The van der Waals surface area contributed by atoms with Gasteiger partial charge in [0.1, 0.15) is 0 Å². The normalized spacial score (nSPS) is 25.3. The molecule has 0 N–H and O–H groups in total. The van der Waals surface area contributed by atoms with Crippen LogP contribution >= 0.6 is 0 Å². The van der Waals surface area contributed by atoms with Gasteiger partial charge < -0.3 is 18.5 Å². The zero-order valence-electron chi connectivity index (χ0n) is 12.8. The van der Waals surface area contributed by atoms with Crippen LogP contribution in [0.4, 0.5) is 0 Å². The van der Waals surface area contributed by atoms with Crippen molar-refractivity contribution in [3.05, 3.63) is 0 Å². The number of ether oxygens (including phenoxy) is 1. The lowest BCUT2D eigenvalue weighted by Gasteiger charge is -2.43. The highest BCUT2D eigenvalue weighted by Gasteiger charge is 2.38. The fourth-order valence-corrected chi connectivity index (χ4v) is 7.64. The molecule has 0 aromatic rings. The molecule has 0 radical (unpaired) electrons. The molecule has 108 valence electrons. The van der Waals surface area contributed by atoms with Crippen molar-refractivity contribution in [2.45, 2.75) is 39.2 Å². The van der Waals surface area contributed by atoms with E-state index < -0.39 is 16.6 Å². The number of hydrogen-bond acceptors (Lipinski definition) is 4. The molecule has 0 spiro atoms. The van der Waals surface area contributed by atoms with E-state index in [1.165, 1.54) is 0 Å². The maximum atomic E-state index is 6.17. The first-order valence-corrected chi connectivity index (χ1v) is 13.0. The quantitative estimate of drug-likeness (QED) is 0.699. The lowest BCUT2D eigenvalue weighted by molar-refractivity contribution is 0.0327. The SMILES string of the molecule is CCO[Si](C)(C)CN1CC(COC)O[Si](C)(C)C1. The molecule has 0 bridgehead atoms. The highest BCUT2D eigenvalue weighted by atomic mass is 28.4. The van der Waals surface area contributed by atoms with Crippen LogP contribution < -0.4 is 0 Å². The third-order valence-electron chi connectivity index (χ3n) is 3.04. The molecule has 1 saturated heterocycles. The minimum absolute atomic E-state index is 0.233. The van der Waals surface area contributed by atoms with Gasteiger partial charge in [-0.3, -0.25) is 0 Å². The van der Waals surface area contributed by atoms with Gasteiger partial charge in [-0.05, 0) is 33.1 Å². The van der Waals surface area contributed by atoms with Crippen LogP contribution in [0.3, 0.4) is 0 Å². The van der Waals surface area contributed by atoms with E-state index in [0.717, 1.165) is 25.5 Å². The van der Waals surface area contributed by atoms with E-state index in [-0.39, 0.29) is 6.10 Å². The summed E-state index contributed by atoms with van der Waals surface area (Å²) < 4.78 is 17.4. The molecular formula is C12H29NO3Si2. The van der Waals surface area contributed by atoms with Gasteiger partial charge in [0.05, 0.1) is 12.7 Å². The highest BCUT2D eigenvalue weighted by Crippen LogP contribution is 2.20. The Bertz CT molecular complexity index is 260. The molecule has 1 fully saturated rings. The Labute approximate surface area is 114 Å². The van der Waals surface area contributed by atoms with Crippen molar-refractivity contribution in [3.63, 3.8) is 0 Å². The van der Waals surface area contributed by atoms with Gasteiger partial charge in [-0.25, -0.2) is 0 Å². The second kappa shape index (κ2) is 6.63. The van der Waals surface area contributed by atoms with Gasteiger partial charge in [0.2, 0.25) is 8.32 Å². The van der Waals surface area contributed by atoms with Crippen molar-refractivity contribution in [3.8, 4) is 0 Å². The van der Waals surface area contributed by atoms with Crippen LogP contribution in [-0.4, -0.2) is 66.8 Å². The molecule has 1 atom stereocenters. The fraction of sp³-hybridized carbons (Fsp3) is 1.00. The molecule has 1 aliphatic rings. The first-order chi connectivity index (χ1) is 8.28. The van der Waals surface area contributed by atoms with Crippen LogP contribution in [0.15, 0.2) is 0 Å². The summed E-state index contributed by atoms with van der Waals surface area (Å²) in [4.78, 5) is 2.54. The van der Waals surface area contributed by atoms with Gasteiger partial charge in [-0.15, -0.1) is 0 Å². The molecule has 0 aromatic heterocycles. The van der Waals surface area contributed by atoms with Crippen LogP contribution in [0.2, 0.25) is 26.2 Å². The molecule has 0 saturated carbocycles. The molecule has 1 rings (SSSR count). The summed E-state index contributed by atoms with van der Waals surface area (Å²) in [6.07, 6.45) is 2.44. The zero-order chi connectivity index (χ0) is 13.8. The Morgan fingerprint density at radius 2 is 2.06 bits per heavy atom. The summed E-state index contributed by atoms with van der Waals surface area (Å²) in [6, 6.07) is 0. The summed E-state index contributed by atoms with van der Waals surface area (Å²) in [7, 11) is -1.37. The Kier molecular flexibility index (Phi) is 6.01. The van der Waals surface area contributed by atoms with E-state index in [1.54, 1.807) is 7.11 Å². The standard InChI is InChI=1S/C12H29NO3Si2/c1-7-15-17(3,4)10-13-8-12(9-14-2)16-18(5,6)11-13/h12H,7-11H2,1-6H3. The minimum Gasteiger partial charge on any atom is -0.416 e. The summed E-state index contributed by atoms with van der Waals surface area (Å²) in [5, 5.41) is 0. The number of nitrogens with zero attached hydrogens (tertiary/aromatic N) is 1. The summed E-state index contributed by atoms with van der Waals surface area (Å²) >= 11 is 0. The van der Waals surface area contributed by atoms with Crippen molar-refractivity contribution in [1.82, 2.24) is 4.90 Å². The molecule has 6 heteroatoms. The molecule has 18 heavy (non-hydrogen) atoms. The van der Waals surface area contributed by atoms with Crippen molar-refractivity contribution in [2.75, 3.05) is 39.2 Å². The van der Waals surface area contributed by atoms with Crippen LogP contribution in [0.5, 0.6) is 0 Å². The number of methoxy groups -OCH3 is 1. The highest BCUT2D eigenvalue weighted by molar-refractivity contribution is 6.73. The van der Waals surface area contributed by atoms with Crippen LogP contribution in [0.1, 0.15) is 6.92 Å². The van der Waals surface area contributed by atoms with Crippen molar-refractivity contribution < 1.29 is 13.6 Å². The van der Waals surface area contributed by atoms with Crippen molar-refractivity contribution in [1.29, 1.82) is 0 Å². The van der Waals surface area contributed by atoms with Gasteiger partial charge in [-0.2, -0.15) is 0 Å². The summed E-state index contributed by atoms with van der Waals surface area (Å²) in [5.41, 5.74) is 0. The number of rotatable bonds is 6. The molecule has 1 aliphatic heterocycles. The lowest BCUT2D eigenvalue weighted by atomic mass is 10.3. The van der Waals surface area contributed by atoms with Crippen LogP contribution in [0.25, 0.3) is 0 Å². The Hall–Kier alpha value is 0.274. The molecule has 1 unspecified atom stereocenters. The van der Waals surface area contributed by atoms with E-state index in [2.05, 4.69) is 38.0 Å². The van der Waals surface area contributed by atoms with E-state index in [1.807, 2.05) is 0 Å². The predicted molar refractivity (Wildman–Crippen MR) is 79.8 cm³/mol. The average Bonchev–Trinajstić information content (AvgIpc) is 2.13. The third-order valence-corrected chi connectivity index (χ3v) is 7.50. The molecule has 0 amide bonds. The van der Waals surface area contributed by atoms with Crippen molar-refractivity contribution >= 4 is 16.6 Å². The Morgan fingerprint density at radius 1 is 1.39 bits per heavy atom. The first-order valence-electron chi connectivity index (χ1n) is 6.81. The van der Waals surface area contributed by atoms with Gasteiger partial charge in [0.25, 0.3) is 0 Å². The van der Waals surface area contributed by atoms with Gasteiger partial charge in [0.15, 0.2) is 8.32 Å². The monoisotopic (exact) mass is 291 g/mol. The maximum absolute atomic E-state index is 6.17. The molecule has 4 nitrogen and oxygen atoms in total. The smallest absolute Gasteiger partial charge is 0.201 e. The molecular weight excluding hydrogens is 262 g/mol. The van der Waals surface area contributed by atoms with Gasteiger partial charge in [0, 0.05) is 32.6 Å². The topological polar surface area (TPSA) is 30.9 Å². The summed E-state index contributed by atoms with van der Waals surface area (Å²) in [5.74, 6) is 0. The second-order valence-electron chi connectivity index (χ2n) is 6.32. The molecule has 1 heterocycles. The molecule has 0 aromatic carbocycles. The third kappa shape index (κ3) is 5.50. The largest absolute Gasteiger partial charge is 0.416 e. The second-order valence-corrected chi connectivity index (χ2v) is 14.5. The lowest BCUT2D eigenvalue weighted by Crippen LogP contribution is -2.60. The van der Waals surface area contributed by atoms with E-state index in [4.69, 9.17) is 13.6 Å². The fourth-order valence-electron chi connectivity index (χ4n) is 2.78. The van der Waals surface area contributed by atoms with Gasteiger partial charge in [-0.1, -0.05) is 0 Å². The van der Waals surface area contributed by atoms with Gasteiger partial charge >= 0.3 is 0 Å². The van der Waals surface area contributed by atoms with E-state index in [0.29, 0.717) is 6.61 Å². The average molecular weight is 292 g/mol. The number of hydrogen-bond donors (Lipinski definition) is 0. The summed E-state index contributed by atoms with van der Waals surface area (Å²) in [6.45, 7) is 13.8. The zero-order valence-corrected chi connectivity index (χ0v) is 14.8. The first kappa shape index (κ1) is 16.3. The minimum atomic E-state index is -1.56. The van der Waals surface area contributed by atoms with Crippen LogP contribution in [0, 0.1) is 0 Å². The van der Waals surface area contributed by atoms with E-state index in [9.17, 15) is 0 Å². The van der Waals surface area contributed by atoms with E-state index >= 15 is 0 Å². The van der Waals surface area contributed by atoms with Crippen LogP contribution in [-0.2, 0) is 13.6 Å². The molecule has 0 aliphatic carbocycles. The Morgan fingerprint density at radius 3 is 2.61 bits per heavy atom. The Balaban J connectivity index is 2.59. The maximum Gasteiger partial charge on any atom is 0.201 e. The van der Waals surface area contributed by atoms with Crippen molar-refractivity contribution in [2.24, 2.45) is 0 Å².